The third-order valence-electron chi connectivity index (χ3n) is 3.19. The van der Waals surface area contributed by atoms with Gasteiger partial charge >= 0.3 is 0 Å². The van der Waals surface area contributed by atoms with Crippen LogP contribution in [0.4, 0.5) is 5.69 Å². The zero-order valence-corrected chi connectivity index (χ0v) is 12.1. The molecule has 1 amide bonds. The first-order chi connectivity index (χ1) is 9.74. The van der Waals surface area contributed by atoms with E-state index in [-0.39, 0.29) is 11.9 Å². The average molecular weight is 278 g/mol. The highest BCUT2D eigenvalue weighted by atomic mass is 16.5. The van der Waals surface area contributed by atoms with E-state index in [1.807, 2.05) is 26.0 Å². The number of benzene rings is 1. The Kier molecular flexibility index (Phi) is 5.24. The lowest BCUT2D eigenvalue weighted by Gasteiger charge is -2.14. The van der Waals surface area contributed by atoms with Gasteiger partial charge in [-0.05, 0) is 45.4 Å². The van der Waals surface area contributed by atoms with Crippen LogP contribution in [0.15, 0.2) is 18.2 Å². The smallest absolute Gasteiger partial charge is 0.241 e. The van der Waals surface area contributed by atoms with Crippen molar-refractivity contribution in [3.63, 3.8) is 0 Å². The molecule has 1 heterocycles. The maximum atomic E-state index is 12.0. The van der Waals surface area contributed by atoms with E-state index in [1.54, 1.807) is 6.07 Å². The summed E-state index contributed by atoms with van der Waals surface area (Å²) in [5.74, 6) is 1.37. The number of rotatable bonds is 6. The van der Waals surface area contributed by atoms with Crippen molar-refractivity contribution >= 4 is 11.6 Å². The summed E-state index contributed by atoms with van der Waals surface area (Å²) < 4.78 is 11.0. The largest absolute Gasteiger partial charge is 0.490 e. The van der Waals surface area contributed by atoms with Crippen molar-refractivity contribution in [3.05, 3.63) is 18.2 Å². The number of hydrogen-bond donors (Lipinski definition) is 2. The van der Waals surface area contributed by atoms with E-state index in [2.05, 4.69) is 10.6 Å². The molecule has 0 radical (unpaired) electrons. The summed E-state index contributed by atoms with van der Waals surface area (Å²) in [4.78, 5) is 12.0. The SMILES string of the molecule is CCOc1ccc(NC(=O)[C@H]2CCCN2)cc1OCC. The zero-order valence-electron chi connectivity index (χ0n) is 12.1. The highest BCUT2D eigenvalue weighted by Gasteiger charge is 2.22. The highest BCUT2D eigenvalue weighted by molar-refractivity contribution is 5.95. The van der Waals surface area contributed by atoms with Crippen molar-refractivity contribution < 1.29 is 14.3 Å². The van der Waals surface area contributed by atoms with Crippen molar-refractivity contribution in [2.45, 2.75) is 32.7 Å². The van der Waals surface area contributed by atoms with Crippen molar-refractivity contribution in [2.75, 3.05) is 25.1 Å². The number of ether oxygens (including phenoxy) is 2. The summed E-state index contributed by atoms with van der Waals surface area (Å²) in [5.41, 5.74) is 0.732. The third-order valence-corrected chi connectivity index (χ3v) is 3.19. The third kappa shape index (κ3) is 3.63. The maximum Gasteiger partial charge on any atom is 0.241 e. The Morgan fingerprint density at radius 1 is 1.30 bits per heavy atom. The Balaban J connectivity index is 2.07. The van der Waals surface area contributed by atoms with Gasteiger partial charge in [0, 0.05) is 11.8 Å². The lowest BCUT2D eigenvalue weighted by molar-refractivity contribution is -0.117. The van der Waals surface area contributed by atoms with E-state index >= 15 is 0 Å². The second-order valence-electron chi connectivity index (χ2n) is 4.67. The predicted octanol–water partition coefficient (Wildman–Crippen LogP) is 2.17. The normalized spacial score (nSPS) is 17.8. The van der Waals surface area contributed by atoms with Gasteiger partial charge in [0.05, 0.1) is 19.3 Å². The molecule has 0 aromatic heterocycles. The number of anilines is 1. The van der Waals surface area contributed by atoms with Crippen molar-refractivity contribution in [3.8, 4) is 11.5 Å². The van der Waals surface area contributed by atoms with Gasteiger partial charge in [0.15, 0.2) is 11.5 Å². The number of nitrogens with one attached hydrogen (secondary N) is 2. The van der Waals surface area contributed by atoms with Crippen LogP contribution in [-0.2, 0) is 4.79 Å². The van der Waals surface area contributed by atoms with Crippen LogP contribution in [0.3, 0.4) is 0 Å². The number of amides is 1. The minimum atomic E-state index is -0.0860. The summed E-state index contributed by atoms with van der Waals surface area (Å²) in [7, 11) is 0. The van der Waals surface area contributed by atoms with Crippen LogP contribution in [0.25, 0.3) is 0 Å². The van der Waals surface area contributed by atoms with Crippen molar-refractivity contribution in [2.24, 2.45) is 0 Å². The molecule has 0 spiro atoms. The molecule has 1 aliphatic rings. The van der Waals surface area contributed by atoms with Gasteiger partial charge in [-0.2, -0.15) is 0 Å². The van der Waals surface area contributed by atoms with Gasteiger partial charge in [-0.1, -0.05) is 0 Å². The van der Waals surface area contributed by atoms with Gasteiger partial charge in [0.25, 0.3) is 0 Å². The van der Waals surface area contributed by atoms with Crippen molar-refractivity contribution in [1.82, 2.24) is 5.32 Å². The molecule has 1 atom stereocenters. The Bertz CT molecular complexity index is 456. The molecule has 2 N–H and O–H groups in total. The molecule has 2 rings (SSSR count). The molecule has 0 saturated carbocycles. The van der Waals surface area contributed by atoms with Gasteiger partial charge in [-0.25, -0.2) is 0 Å². The van der Waals surface area contributed by atoms with Crippen LogP contribution in [0.1, 0.15) is 26.7 Å². The Morgan fingerprint density at radius 3 is 2.70 bits per heavy atom. The summed E-state index contributed by atoms with van der Waals surface area (Å²) in [6, 6.07) is 5.38. The quantitative estimate of drug-likeness (QED) is 0.837. The zero-order chi connectivity index (χ0) is 14.4. The molecule has 0 bridgehead atoms. The molecule has 1 saturated heterocycles. The molecule has 0 unspecified atom stereocenters. The van der Waals surface area contributed by atoms with E-state index in [4.69, 9.17) is 9.47 Å². The summed E-state index contributed by atoms with van der Waals surface area (Å²) >= 11 is 0. The molecule has 1 aromatic carbocycles. The van der Waals surface area contributed by atoms with Crippen LogP contribution in [0, 0.1) is 0 Å². The molecule has 20 heavy (non-hydrogen) atoms. The van der Waals surface area contributed by atoms with E-state index in [9.17, 15) is 4.79 Å². The monoisotopic (exact) mass is 278 g/mol. The Morgan fingerprint density at radius 2 is 2.05 bits per heavy atom. The minimum absolute atomic E-state index is 0.00843. The topological polar surface area (TPSA) is 59.6 Å². The molecule has 5 nitrogen and oxygen atoms in total. The minimum Gasteiger partial charge on any atom is -0.490 e. The molecule has 1 aliphatic heterocycles. The lowest BCUT2D eigenvalue weighted by atomic mass is 10.2. The van der Waals surface area contributed by atoms with Crippen LogP contribution in [0.2, 0.25) is 0 Å². The van der Waals surface area contributed by atoms with Crippen LogP contribution >= 0.6 is 0 Å². The van der Waals surface area contributed by atoms with Crippen molar-refractivity contribution in [1.29, 1.82) is 0 Å². The molecular weight excluding hydrogens is 256 g/mol. The Labute approximate surface area is 119 Å². The van der Waals surface area contributed by atoms with E-state index in [0.29, 0.717) is 24.7 Å². The molecule has 0 aliphatic carbocycles. The van der Waals surface area contributed by atoms with Crippen LogP contribution in [0.5, 0.6) is 11.5 Å². The first kappa shape index (κ1) is 14.7. The van der Waals surface area contributed by atoms with E-state index < -0.39 is 0 Å². The van der Waals surface area contributed by atoms with Gasteiger partial charge in [-0.3, -0.25) is 4.79 Å². The molecule has 110 valence electrons. The Hall–Kier alpha value is -1.75. The first-order valence-electron chi connectivity index (χ1n) is 7.18. The fraction of sp³-hybridized carbons (Fsp3) is 0.533. The fourth-order valence-electron chi connectivity index (χ4n) is 2.27. The summed E-state index contributed by atoms with van der Waals surface area (Å²) in [5, 5.41) is 6.10. The predicted molar refractivity (Wildman–Crippen MR) is 78.4 cm³/mol. The molecule has 1 aromatic rings. The second kappa shape index (κ2) is 7.14. The summed E-state index contributed by atoms with van der Waals surface area (Å²) in [6.45, 7) is 5.89. The second-order valence-corrected chi connectivity index (χ2v) is 4.67. The van der Waals surface area contributed by atoms with E-state index in [1.165, 1.54) is 0 Å². The number of carbonyl (C=O) groups is 1. The fourth-order valence-corrected chi connectivity index (χ4v) is 2.27. The van der Waals surface area contributed by atoms with E-state index in [0.717, 1.165) is 25.1 Å². The molecule has 1 fully saturated rings. The summed E-state index contributed by atoms with van der Waals surface area (Å²) in [6.07, 6.45) is 1.94. The van der Waals surface area contributed by atoms with Crippen LogP contribution in [-0.4, -0.2) is 31.7 Å². The average Bonchev–Trinajstić information content (AvgIpc) is 2.96. The van der Waals surface area contributed by atoms with Gasteiger partial charge in [0.1, 0.15) is 0 Å². The van der Waals surface area contributed by atoms with Gasteiger partial charge in [0.2, 0.25) is 5.91 Å². The van der Waals surface area contributed by atoms with Crippen LogP contribution < -0.4 is 20.1 Å². The lowest BCUT2D eigenvalue weighted by Crippen LogP contribution is -2.35. The maximum absolute atomic E-state index is 12.0. The molecule has 5 heteroatoms. The molecular formula is C15H22N2O3. The highest BCUT2D eigenvalue weighted by Crippen LogP contribution is 2.30. The number of hydrogen-bond acceptors (Lipinski definition) is 4. The van der Waals surface area contributed by atoms with Gasteiger partial charge in [-0.15, -0.1) is 0 Å². The number of carbonyl (C=O) groups excluding carboxylic acids is 1. The first-order valence-corrected chi connectivity index (χ1v) is 7.18. The van der Waals surface area contributed by atoms with Gasteiger partial charge < -0.3 is 20.1 Å². The standard InChI is InChI=1S/C15H22N2O3/c1-3-19-13-8-7-11(10-14(13)20-4-2)17-15(18)12-6-5-9-16-12/h7-8,10,12,16H,3-6,9H2,1-2H3,(H,17,18)/t12-/m1/s1.